The summed E-state index contributed by atoms with van der Waals surface area (Å²) in [5.41, 5.74) is -0.720. The maximum absolute atomic E-state index is 11.9. The van der Waals surface area contributed by atoms with E-state index in [2.05, 4.69) is 0 Å². The molecule has 15 heavy (non-hydrogen) atoms. The number of rotatable bonds is 4. The molecule has 6 heteroatoms. The van der Waals surface area contributed by atoms with Crippen molar-refractivity contribution in [2.75, 3.05) is 0 Å². The van der Waals surface area contributed by atoms with Gasteiger partial charge in [-0.25, -0.2) is 13.6 Å². The molecular formula is C9H15F2NO3. The van der Waals surface area contributed by atoms with E-state index in [1.807, 2.05) is 5.32 Å². The van der Waals surface area contributed by atoms with Gasteiger partial charge in [0.05, 0.1) is 6.04 Å². The minimum absolute atomic E-state index is 0.260. The van der Waals surface area contributed by atoms with E-state index in [1.54, 1.807) is 20.8 Å². The molecule has 0 radical (unpaired) electrons. The van der Waals surface area contributed by atoms with E-state index in [4.69, 9.17) is 4.74 Å². The van der Waals surface area contributed by atoms with Gasteiger partial charge in [0.25, 0.3) is 0 Å². The number of amides is 1. The molecule has 4 nitrogen and oxygen atoms in total. The first kappa shape index (κ1) is 13.8. The molecule has 0 heterocycles. The molecule has 0 aliphatic rings. The Bertz CT molecular complexity index is 226. The Labute approximate surface area is 87.0 Å². The second kappa shape index (κ2) is 5.63. The van der Waals surface area contributed by atoms with Crippen molar-refractivity contribution in [3.63, 3.8) is 0 Å². The van der Waals surface area contributed by atoms with Gasteiger partial charge in [0.2, 0.25) is 6.43 Å². The first-order chi connectivity index (χ1) is 6.74. The van der Waals surface area contributed by atoms with Crippen LogP contribution >= 0.6 is 0 Å². The van der Waals surface area contributed by atoms with Crippen molar-refractivity contribution in [2.24, 2.45) is 0 Å². The minimum atomic E-state index is -2.64. The van der Waals surface area contributed by atoms with Gasteiger partial charge in [-0.05, 0) is 20.8 Å². The van der Waals surface area contributed by atoms with Crippen molar-refractivity contribution < 1.29 is 23.1 Å². The van der Waals surface area contributed by atoms with Gasteiger partial charge in [-0.15, -0.1) is 0 Å². The Morgan fingerprint density at radius 2 is 2.00 bits per heavy atom. The highest BCUT2D eigenvalue weighted by molar-refractivity contribution is 5.73. The molecule has 1 unspecified atom stereocenters. The molecule has 0 fully saturated rings. The monoisotopic (exact) mass is 223 g/mol. The van der Waals surface area contributed by atoms with Crippen molar-refractivity contribution in [1.29, 1.82) is 0 Å². The lowest BCUT2D eigenvalue weighted by molar-refractivity contribution is -0.110. The van der Waals surface area contributed by atoms with Crippen LogP contribution in [0.15, 0.2) is 0 Å². The molecular weight excluding hydrogens is 208 g/mol. The van der Waals surface area contributed by atoms with Crippen LogP contribution in [0.1, 0.15) is 27.2 Å². The number of carbonyl (C=O) groups excluding carboxylic acids is 2. The van der Waals surface area contributed by atoms with Gasteiger partial charge in [-0.1, -0.05) is 0 Å². The van der Waals surface area contributed by atoms with E-state index >= 15 is 0 Å². The summed E-state index contributed by atoms with van der Waals surface area (Å²) in [4.78, 5) is 21.4. The Balaban J connectivity index is 4.08. The third-order valence-electron chi connectivity index (χ3n) is 1.30. The lowest BCUT2D eigenvalue weighted by atomic mass is 10.2. The lowest BCUT2D eigenvalue weighted by Crippen LogP contribution is -2.40. The average Bonchev–Trinajstić information content (AvgIpc) is 1.98. The van der Waals surface area contributed by atoms with Crippen LogP contribution in [0.2, 0.25) is 0 Å². The Morgan fingerprint density at radius 1 is 1.47 bits per heavy atom. The molecule has 0 saturated carbocycles. The smallest absolute Gasteiger partial charge is 0.408 e. The molecule has 1 atom stereocenters. The molecule has 1 N–H and O–H groups in total. The highest BCUT2D eigenvalue weighted by Crippen LogP contribution is 2.08. The molecule has 0 aromatic rings. The zero-order valence-electron chi connectivity index (χ0n) is 8.92. The topological polar surface area (TPSA) is 55.4 Å². The maximum atomic E-state index is 11.9. The fourth-order valence-electron chi connectivity index (χ4n) is 0.799. The summed E-state index contributed by atoms with van der Waals surface area (Å²) in [7, 11) is 0. The zero-order valence-corrected chi connectivity index (χ0v) is 8.92. The van der Waals surface area contributed by atoms with Gasteiger partial charge < -0.3 is 14.8 Å². The Hall–Kier alpha value is -1.20. The van der Waals surface area contributed by atoms with Crippen LogP contribution in [0, 0.1) is 0 Å². The second-order valence-corrected chi connectivity index (χ2v) is 4.02. The summed E-state index contributed by atoms with van der Waals surface area (Å²) in [5, 5.41) is 2.05. The largest absolute Gasteiger partial charge is 0.444 e. The molecule has 0 rings (SSSR count). The van der Waals surface area contributed by atoms with Crippen LogP contribution < -0.4 is 5.32 Å². The van der Waals surface area contributed by atoms with Crippen LogP contribution in [0.4, 0.5) is 13.6 Å². The van der Waals surface area contributed by atoms with Gasteiger partial charge in [-0.3, -0.25) is 0 Å². The zero-order chi connectivity index (χ0) is 12.1. The number of alkyl halides is 2. The van der Waals surface area contributed by atoms with Gasteiger partial charge in [0.15, 0.2) is 0 Å². The number of hydrogen-bond acceptors (Lipinski definition) is 3. The summed E-state index contributed by atoms with van der Waals surface area (Å²) < 4.78 is 28.6. The molecule has 1 amide bonds. The first-order valence-electron chi connectivity index (χ1n) is 4.47. The van der Waals surface area contributed by atoms with E-state index in [0.717, 1.165) is 0 Å². The highest BCUT2D eigenvalue weighted by atomic mass is 19.3. The molecule has 0 bridgehead atoms. The van der Waals surface area contributed by atoms with Crippen molar-refractivity contribution in [2.45, 2.75) is 45.3 Å². The van der Waals surface area contributed by atoms with Crippen molar-refractivity contribution in [3.8, 4) is 0 Å². The molecule has 0 aromatic carbocycles. The fourth-order valence-corrected chi connectivity index (χ4v) is 0.799. The maximum Gasteiger partial charge on any atom is 0.408 e. The lowest BCUT2D eigenvalue weighted by Gasteiger charge is -2.21. The number of aldehydes is 1. The summed E-state index contributed by atoms with van der Waals surface area (Å²) >= 11 is 0. The second-order valence-electron chi connectivity index (χ2n) is 4.02. The molecule has 0 aliphatic heterocycles. The molecule has 0 saturated heterocycles. The standard InChI is InChI=1S/C9H15F2NO3/c1-9(2,3)15-8(14)12-6(5-13)4-7(10)11/h5-7H,4H2,1-3H3,(H,12,14). The van der Waals surface area contributed by atoms with E-state index in [1.165, 1.54) is 0 Å². The first-order valence-corrected chi connectivity index (χ1v) is 4.47. The van der Waals surface area contributed by atoms with Gasteiger partial charge in [0.1, 0.15) is 11.9 Å². The van der Waals surface area contributed by atoms with E-state index in [0.29, 0.717) is 0 Å². The fraction of sp³-hybridized carbons (Fsp3) is 0.778. The number of ether oxygens (including phenoxy) is 1. The summed E-state index contributed by atoms with van der Waals surface area (Å²) in [6, 6.07) is -1.21. The number of carbonyl (C=O) groups is 2. The molecule has 0 aliphatic carbocycles. The molecule has 0 aromatic heterocycles. The van der Waals surface area contributed by atoms with Crippen LogP contribution in [0.25, 0.3) is 0 Å². The molecule has 0 spiro atoms. The summed E-state index contributed by atoms with van der Waals surface area (Å²) in [5.74, 6) is 0. The predicted molar refractivity (Wildman–Crippen MR) is 49.8 cm³/mol. The van der Waals surface area contributed by atoms with Gasteiger partial charge in [-0.2, -0.15) is 0 Å². The van der Waals surface area contributed by atoms with E-state index in [-0.39, 0.29) is 6.29 Å². The third kappa shape index (κ3) is 7.84. The SMILES string of the molecule is CC(C)(C)OC(=O)NC(C=O)CC(F)F. The van der Waals surface area contributed by atoms with Crippen molar-refractivity contribution in [1.82, 2.24) is 5.32 Å². The predicted octanol–water partition coefficient (Wildman–Crippen LogP) is 1.73. The Morgan fingerprint density at radius 3 is 2.33 bits per heavy atom. The van der Waals surface area contributed by atoms with Crippen LogP contribution in [0.5, 0.6) is 0 Å². The highest BCUT2D eigenvalue weighted by Gasteiger charge is 2.21. The summed E-state index contributed by atoms with van der Waals surface area (Å²) in [6.45, 7) is 4.90. The number of alkyl carbamates (subject to hydrolysis) is 1. The van der Waals surface area contributed by atoms with Crippen LogP contribution in [0.3, 0.4) is 0 Å². The van der Waals surface area contributed by atoms with Crippen LogP contribution in [-0.2, 0) is 9.53 Å². The number of halogens is 2. The minimum Gasteiger partial charge on any atom is -0.444 e. The van der Waals surface area contributed by atoms with Gasteiger partial charge in [0, 0.05) is 6.42 Å². The Kier molecular flexibility index (Phi) is 5.18. The summed E-state index contributed by atoms with van der Waals surface area (Å²) in [6.07, 6.45) is -3.96. The van der Waals surface area contributed by atoms with E-state index in [9.17, 15) is 18.4 Å². The van der Waals surface area contributed by atoms with Gasteiger partial charge >= 0.3 is 6.09 Å². The quantitative estimate of drug-likeness (QED) is 0.738. The van der Waals surface area contributed by atoms with E-state index < -0.39 is 30.6 Å². The third-order valence-corrected chi connectivity index (χ3v) is 1.30. The van der Waals surface area contributed by atoms with Crippen molar-refractivity contribution in [3.05, 3.63) is 0 Å². The molecule has 88 valence electrons. The normalized spacial score (nSPS) is 13.5. The van der Waals surface area contributed by atoms with Crippen molar-refractivity contribution >= 4 is 12.4 Å². The number of hydrogen-bond donors (Lipinski definition) is 1. The number of nitrogens with one attached hydrogen (secondary N) is 1. The average molecular weight is 223 g/mol. The van der Waals surface area contributed by atoms with Crippen LogP contribution in [-0.4, -0.2) is 30.4 Å².